The number of nitrogens with zero attached hydrogens (tertiary/aromatic N) is 1. The first-order chi connectivity index (χ1) is 13.5. The van der Waals surface area contributed by atoms with E-state index < -0.39 is 59.0 Å². The minimum absolute atomic E-state index is 0.119. The second-order valence-electron chi connectivity index (χ2n) is 6.16. The Hall–Kier alpha value is -3.27. The van der Waals surface area contributed by atoms with Crippen LogP contribution in [0.25, 0.3) is 0 Å². The summed E-state index contributed by atoms with van der Waals surface area (Å²) in [6.45, 7) is 0. The quantitative estimate of drug-likeness (QED) is 0.643. The van der Waals surface area contributed by atoms with Crippen LogP contribution >= 0.6 is 11.6 Å². The van der Waals surface area contributed by atoms with E-state index in [0.29, 0.717) is 11.0 Å². The monoisotopic (exact) mass is 428 g/mol. The zero-order valence-corrected chi connectivity index (χ0v) is 15.1. The van der Waals surface area contributed by atoms with Crippen LogP contribution in [0.3, 0.4) is 0 Å². The van der Waals surface area contributed by atoms with Gasteiger partial charge in [0.25, 0.3) is 5.91 Å². The Morgan fingerprint density at radius 2 is 1.86 bits per heavy atom. The fraction of sp³-hybridized carbons (Fsp3) is 0.167. The Balaban J connectivity index is 1.91. The highest BCUT2D eigenvalue weighted by atomic mass is 35.5. The van der Waals surface area contributed by atoms with Gasteiger partial charge >= 0.3 is 12.1 Å². The van der Waals surface area contributed by atoms with Gasteiger partial charge in [-0.05, 0) is 36.4 Å². The Labute approximate surface area is 166 Å². The number of aromatic hydroxyl groups is 1. The molecule has 1 atom stereocenters. The Kier molecular flexibility index (Phi) is 5.14. The molecule has 2 amide bonds. The molecule has 7 nitrogen and oxygen atoms in total. The van der Waals surface area contributed by atoms with E-state index in [9.17, 15) is 32.7 Å². The number of alkyl halides is 3. The molecule has 29 heavy (non-hydrogen) atoms. The maximum Gasteiger partial charge on any atom is 0.418 e. The molecule has 0 aliphatic carbocycles. The van der Waals surface area contributed by atoms with E-state index in [4.69, 9.17) is 16.7 Å². The third kappa shape index (κ3) is 3.97. The van der Waals surface area contributed by atoms with Crippen LogP contribution in [-0.2, 0) is 15.8 Å². The Morgan fingerprint density at radius 1 is 1.17 bits per heavy atom. The number of anilines is 2. The molecule has 2 aromatic carbocycles. The molecular formula is C18H12ClF3N2O5. The Bertz CT molecular complexity index is 1030. The molecule has 3 rings (SSSR count). The number of carboxylic acid groups (broad SMARTS) is 1. The number of amides is 2. The molecule has 0 bridgehead atoms. The van der Waals surface area contributed by atoms with Gasteiger partial charge in [-0.3, -0.25) is 9.59 Å². The number of carbonyl (C=O) groups excluding carboxylic acids is 2. The second-order valence-corrected chi connectivity index (χ2v) is 6.60. The van der Waals surface area contributed by atoms with Gasteiger partial charge in [-0.1, -0.05) is 11.6 Å². The number of carbonyl (C=O) groups is 3. The number of halogens is 4. The van der Waals surface area contributed by atoms with E-state index >= 15 is 0 Å². The summed E-state index contributed by atoms with van der Waals surface area (Å²) < 4.78 is 39.7. The van der Waals surface area contributed by atoms with Gasteiger partial charge in [0.05, 0.1) is 17.7 Å². The van der Waals surface area contributed by atoms with Gasteiger partial charge in [0.2, 0.25) is 5.91 Å². The molecule has 11 heteroatoms. The van der Waals surface area contributed by atoms with Crippen molar-refractivity contribution in [3.05, 3.63) is 52.5 Å². The standard InChI is InChI=1S/C18H12ClF3N2O5/c19-8-1-3-12(11(5-8)18(20,21)22)23-13-7-15(26)24(16(13)27)9-2-4-14(25)10(6-9)17(28)29/h1-6,13,23,25H,7H2,(H,28,29). The molecule has 0 spiro atoms. The maximum atomic E-state index is 13.2. The highest BCUT2D eigenvalue weighted by Gasteiger charge is 2.41. The molecule has 1 saturated heterocycles. The summed E-state index contributed by atoms with van der Waals surface area (Å²) in [5, 5.41) is 20.9. The summed E-state index contributed by atoms with van der Waals surface area (Å²) in [6.07, 6.45) is -5.19. The first-order valence-electron chi connectivity index (χ1n) is 8.05. The number of phenols is 1. The third-order valence-electron chi connectivity index (χ3n) is 4.23. The number of rotatable bonds is 4. The molecule has 1 unspecified atom stereocenters. The van der Waals surface area contributed by atoms with Gasteiger partial charge in [-0.2, -0.15) is 13.2 Å². The van der Waals surface area contributed by atoms with E-state index in [1.165, 1.54) is 6.07 Å². The van der Waals surface area contributed by atoms with Crippen molar-refractivity contribution in [3.63, 3.8) is 0 Å². The van der Waals surface area contributed by atoms with Crippen LogP contribution < -0.4 is 10.2 Å². The molecule has 1 heterocycles. The molecule has 2 aromatic rings. The summed E-state index contributed by atoms with van der Waals surface area (Å²) in [5.74, 6) is -3.64. The zero-order chi connectivity index (χ0) is 21.5. The van der Waals surface area contributed by atoms with Crippen molar-refractivity contribution in [1.29, 1.82) is 0 Å². The lowest BCUT2D eigenvalue weighted by Crippen LogP contribution is -2.35. The van der Waals surface area contributed by atoms with Gasteiger partial charge in [0.15, 0.2) is 0 Å². The molecule has 1 aliphatic rings. The molecular weight excluding hydrogens is 417 g/mol. The van der Waals surface area contributed by atoms with Gasteiger partial charge in [-0.25, -0.2) is 9.69 Å². The predicted molar refractivity (Wildman–Crippen MR) is 96.0 cm³/mol. The van der Waals surface area contributed by atoms with Crippen molar-refractivity contribution >= 4 is 40.8 Å². The van der Waals surface area contributed by atoms with Crippen LogP contribution in [0, 0.1) is 0 Å². The van der Waals surface area contributed by atoms with Gasteiger partial charge in [-0.15, -0.1) is 0 Å². The van der Waals surface area contributed by atoms with Crippen molar-refractivity contribution in [3.8, 4) is 5.75 Å². The smallest absolute Gasteiger partial charge is 0.418 e. The number of hydrogen-bond donors (Lipinski definition) is 3. The lowest BCUT2D eigenvalue weighted by atomic mass is 10.1. The van der Waals surface area contributed by atoms with Crippen molar-refractivity contribution < 1.29 is 37.8 Å². The van der Waals surface area contributed by atoms with E-state index in [2.05, 4.69) is 5.32 Å². The minimum Gasteiger partial charge on any atom is -0.507 e. The molecule has 0 radical (unpaired) electrons. The highest BCUT2D eigenvalue weighted by molar-refractivity contribution is 6.30. The number of hydrogen-bond acceptors (Lipinski definition) is 5. The van der Waals surface area contributed by atoms with Gasteiger partial charge in [0.1, 0.15) is 17.4 Å². The van der Waals surface area contributed by atoms with Crippen LogP contribution in [0.4, 0.5) is 24.5 Å². The van der Waals surface area contributed by atoms with Gasteiger partial charge < -0.3 is 15.5 Å². The second kappa shape index (κ2) is 7.28. The topological polar surface area (TPSA) is 107 Å². The highest BCUT2D eigenvalue weighted by Crippen LogP contribution is 2.38. The van der Waals surface area contributed by atoms with Crippen LogP contribution in [0.1, 0.15) is 22.3 Å². The number of aromatic carboxylic acids is 1. The van der Waals surface area contributed by atoms with E-state index in [0.717, 1.165) is 24.3 Å². The molecule has 0 saturated carbocycles. The van der Waals surface area contributed by atoms with Crippen molar-refractivity contribution in [2.24, 2.45) is 0 Å². The lowest BCUT2D eigenvalue weighted by Gasteiger charge is -2.19. The van der Waals surface area contributed by atoms with Crippen LogP contribution in [0.2, 0.25) is 5.02 Å². The fourth-order valence-electron chi connectivity index (χ4n) is 2.91. The summed E-state index contributed by atoms with van der Waals surface area (Å²) >= 11 is 5.62. The summed E-state index contributed by atoms with van der Waals surface area (Å²) in [4.78, 5) is 36.7. The van der Waals surface area contributed by atoms with Gasteiger partial charge in [0, 0.05) is 10.7 Å². The van der Waals surface area contributed by atoms with Crippen LogP contribution in [0.5, 0.6) is 5.75 Å². The summed E-state index contributed by atoms with van der Waals surface area (Å²) in [5.41, 5.74) is -2.17. The average Bonchev–Trinajstić information content (AvgIpc) is 2.89. The maximum absolute atomic E-state index is 13.2. The van der Waals surface area contributed by atoms with Crippen LogP contribution in [-0.4, -0.2) is 34.0 Å². The predicted octanol–water partition coefficient (Wildman–Crippen LogP) is 3.51. The lowest BCUT2D eigenvalue weighted by molar-refractivity contribution is -0.137. The zero-order valence-electron chi connectivity index (χ0n) is 14.3. The van der Waals surface area contributed by atoms with E-state index in [1.54, 1.807) is 0 Å². The molecule has 152 valence electrons. The molecule has 1 fully saturated rings. The first kappa shape index (κ1) is 20.5. The largest absolute Gasteiger partial charge is 0.507 e. The molecule has 1 aliphatic heterocycles. The number of imide groups is 1. The van der Waals surface area contributed by atoms with E-state index in [1.807, 2.05) is 0 Å². The van der Waals surface area contributed by atoms with Crippen molar-refractivity contribution in [2.45, 2.75) is 18.6 Å². The third-order valence-corrected chi connectivity index (χ3v) is 4.47. The number of benzene rings is 2. The average molecular weight is 429 g/mol. The molecule has 0 aromatic heterocycles. The summed E-state index contributed by atoms with van der Waals surface area (Å²) in [6, 6.07) is 4.74. The summed E-state index contributed by atoms with van der Waals surface area (Å²) in [7, 11) is 0. The normalized spacial score (nSPS) is 17.0. The molecule has 3 N–H and O–H groups in total. The Morgan fingerprint density at radius 3 is 2.48 bits per heavy atom. The first-order valence-corrected chi connectivity index (χ1v) is 8.43. The fourth-order valence-corrected chi connectivity index (χ4v) is 3.09. The van der Waals surface area contributed by atoms with Crippen LogP contribution in [0.15, 0.2) is 36.4 Å². The number of carboxylic acids is 1. The van der Waals surface area contributed by atoms with E-state index in [-0.39, 0.29) is 10.7 Å². The number of nitrogens with one attached hydrogen (secondary N) is 1. The van der Waals surface area contributed by atoms with Crippen molar-refractivity contribution in [1.82, 2.24) is 0 Å². The SMILES string of the molecule is O=C(O)c1cc(N2C(=O)CC(Nc3ccc(Cl)cc3C(F)(F)F)C2=O)ccc1O. The minimum atomic E-state index is -4.74. The van der Waals surface area contributed by atoms with Crippen molar-refractivity contribution in [2.75, 3.05) is 10.2 Å².